The molecule has 1 aromatic carbocycles. The van der Waals surface area contributed by atoms with Gasteiger partial charge in [-0.1, -0.05) is 6.07 Å². The molecule has 0 radical (unpaired) electrons. The summed E-state index contributed by atoms with van der Waals surface area (Å²) in [5.41, 5.74) is 0.457. The van der Waals surface area contributed by atoms with Crippen molar-refractivity contribution in [3.8, 4) is 17.6 Å². The summed E-state index contributed by atoms with van der Waals surface area (Å²) in [4.78, 5) is 0. The molecule has 0 aromatic heterocycles. The van der Waals surface area contributed by atoms with Gasteiger partial charge < -0.3 is 14.6 Å². The average molecular weight is 191 g/mol. The smallest absolute Gasteiger partial charge is 0.179 e. The van der Waals surface area contributed by atoms with E-state index in [0.717, 1.165) is 0 Å². The van der Waals surface area contributed by atoms with Gasteiger partial charge in [0.05, 0.1) is 12.2 Å². The molecule has 1 aliphatic heterocycles. The Morgan fingerprint density at radius 2 is 2.43 bits per heavy atom. The van der Waals surface area contributed by atoms with E-state index in [9.17, 15) is 0 Å². The molecule has 4 nitrogen and oxygen atoms in total. The van der Waals surface area contributed by atoms with Crippen molar-refractivity contribution in [2.24, 2.45) is 0 Å². The first-order chi connectivity index (χ1) is 6.85. The summed E-state index contributed by atoms with van der Waals surface area (Å²) < 4.78 is 10.7. The van der Waals surface area contributed by atoms with Gasteiger partial charge in [-0.15, -0.1) is 0 Å². The van der Waals surface area contributed by atoms with Crippen LogP contribution in [0.1, 0.15) is 5.56 Å². The Hall–Kier alpha value is -1.73. The topological polar surface area (TPSA) is 62.5 Å². The molecule has 1 aliphatic rings. The zero-order valence-corrected chi connectivity index (χ0v) is 7.43. The van der Waals surface area contributed by atoms with Crippen LogP contribution in [-0.4, -0.2) is 24.4 Å². The molecule has 72 valence electrons. The van der Waals surface area contributed by atoms with Crippen molar-refractivity contribution in [2.75, 3.05) is 13.2 Å². The maximum Gasteiger partial charge on any atom is 0.179 e. The lowest BCUT2D eigenvalue weighted by atomic mass is 10.2. The van der Waals surface area contributed by atoms with Gasteiger partial charge in [0.25, 0.3) is 0 Å². The van der Waals surface area contributed by atoms with Crippen LogP contribution >= 0.6 is 0 Å². The third kappa shape index (κ3) is 1.38. The number of fused-ring (bicyclic) bond motifs is 1. The van der Waals surface area contributed by atoms with E-state index in [1.165, 1.54) is 0 Å². The van der Waals surface area contributed by atoms with Crippen LogP contribution in [0, 0.1) is 11.3 Å². The molecule has 0 aliphatic carbocycles. The number of rotatable bonds is 1. The number of nitriles is 1. The molecule has 4 heteroatoms. The molecule has 0 saturated heterocycles. The van der Waals surface area contributed by atoms with Gasteiger partial charge in [0.1, 0.15) is 12.7 Å². The van der Waals surface area contributed by atoms with Crippen molar-refractivity contribution < 1.29 is 14.6 Å². The van der Waals surface area contributed by atoms with Gasteiger partial charge >= 0.3 is 0 Å². The third-order valence-corrected chi connectivity index (χ3v) is 2.01. The Morgan fingerprint density at radius 3 is 3.14 bits per heavy atom. The minimum atomic E-state index is -0.337. The summed E-state index contributed by atoms with van der Waals surface area (Å²) in [7, 11) is 0. The van der Waals surface area contributed by atoms with Crippen molar-refractivity contribution >= 4 is 0 Å². The summed E-state index contributed by atoms with van der Waals surface area (Å²) in [5, 5.41) is 17.7. The maximum absolute atomic E-state index is 8.87. The number of aliphatic hydroxyl groups is 1. The monoisotopic (exact) mass is 191 g/mol. The standard InChI is InChI=1S/C10H9NO3/c11-4-7-2-1-3-9-10(7)13-6-8(5-12)14-9/h1-3,8,12H,5-6H2/t8-/m0/s1. The second kappa shape index (κ2) is 3.56. The van der Waals surface area contributed by atoms with Crippen molar-refractivity contribution in [2.45, 2.75) is 6.10 Å². The molecule has 14 heavy (non-hydrogen) atoms. The molecular formula is C10H9NO3. The summed E-state index contributed by atoms with van der Waals surface area (Å²) in [6.45, 7) is 0.193. The first-order valence-electron chi connectivity index (χ1n) is 4.28. The molecule has 1 aromatic rings. The zero-order valence-electron chi connectivity index (χ0n) is 7.43. The normalized spacial score (nSPS) is 18.7. The van der Waals surface area contributed by atoms with Crippen LogP contribution in [0.5, 0.6) is 11.5 Å². The largest absolute Gasteiger partial charge is 0.484 e. The van der Waals surface area contributed by atoms with Gasteiger partial charge in [-0.2, -0.15) is 5.26 Å². The molecule has 0 fully saturated rings. The fraction of sp³-hybridized carbons (Fsp3) is 0.300. The highest BCUT2D eigenvalue weighted by Crippen LogP contribution is 2.34. The second-order valence-corrected chi connectivity index (χ2v) is 2.98. The quantitative estimate of drug-likeness (QED) is 0.709. The summed E-state index contributed by atoms with van der Waals surface area (Å²) >= 11 is 0. The van der Waals surface area contributed by atoms with E-state index >= 15 is 0 Å². The van der Waals surface area contributed by atoms with Crippen LogP contribution in [-0.2, 0) is 0 Å². The molecule has 0 bridgehead atoms. The van der Waals surface area contributed by atoms with Gasteiger partial charge in [-0.3, -0.25) is 0 Å². The van der Waals surface area contributed by atoms with Crippen molar-refractivity contribution in [1.29, 1.82) is 5.26 Å². The molecule has 0 saturated carbocycles. The van der Waals surface area contributed by atoms with Crippen LogP contribution in [0.4, 0.5) is 0 Å². The number of aliphatic hydroxyl groups excluding tert-OH is 1. The summed E-state index contributed by atoms with van der Waals surface area (Å²) in [6.07, 6.45) is -0.337. The number of hydrogen-bond acceptors (Lipinski definition) is 4. The highest BCUT2D eigenvalue weighted by Gasteiger charge is 2.22. The zero-order chi connectivity index (χ0) is 9.97. The van der Waals surface area contributed by atoms with Crippen LogP contribution < -0.4 is 9.47 Å². The van der Waals surface area contributed by atoms with Gasteiger partial charge in [-0.25, -0.2) is 0 Å². The van der Waals surface area contributed by atoms with Crippen LogP contribution in [0.25, 0.3) is 0 Å². The lowest BCUT2D eigenvalue weighted by Gasteiger charge is -2.25. The number of benzene rings is 1. The highest BCUT2D eigenvalue weighted by molar-refractivity contribution is 5.53. The number of hydrogen-bond donors (Lipinski definition) is 1. The summed E-state index contributed by atoms with van der Waals surface area (Å²) in [6, 6.07) is 7.13. The van der Waals surface area contributed by atoms with E-state index in [1.54, 1.807) is 18.2 Å². The van der Waals surface area contributed by atoms with E-state index in [-0.39, 0.29) is 19.3 Å². The van der Waals surface area contributed by atoms with E-state index in [4.69, 9.17) is 19.8 Å². The van der Waals surface area contributed by atoms with Crippen LogP contribution in [0.2, 0.25) is 0 Å². The van der Waals surface area contributed by atoms with Crippen LogP contribution in [0.15, 0.2) is 18.2 Å². The molecule has 2 rings (SSSR count). The number of ether oxygens (including phenoxy) is 2. The third-order valence-electron chi connectivity index (χ3n) is 2.01. The van der Waals surface area contributed by atoms with Crippen molar-refractivity contribution in [3.63, 3.8) is 0 Å². The van der Waals surface area contributed by atoms with Gasteiger partial charge in [0, 0.05) is 0 Å². The Labute approximate surface area is 81.3 Å². The van der Waals surface area contributed by atoms with Gasteiger partial charge in [-0.05, 0) is 12.1 Å². The summed E-state index contributed by atoms with van der Waals surface area (Å²) in [5.74, 6) is 0.994. The minimum Gasteiger partial charge on any atom is -0.484 e. The fourth-order valence-electron chi connectivity index (χ4n) is 1.33. The van der Waals surface area contributed by atoms with E-state index in [1.807, 2.05) is 6.07 Å². The number of para-hydroxylation sites is 1. The Kier molecular flexibility index (Phi) is 2.25. The molecule has 1 atom stereocenters. The highest BCUT2D eigenvalue weighted by atomic mass is 16.6. The molecule has 1 heterocycles. The van der Waals surface area contributed by atoms with Crippen LogP contribution in [0.3, 0.4) is 0 Å². The molecular weight excluding hydrogens is 182 g/mol. The van der Waals surface area contributed by atoms with E-state index in [2.05, 4.69) is 0 Å². The minimum absolute atomic E-state index is 0.0871. The van der Waals surface area contributed by atoms with Crippen molar-refractivity contribution in [3.05, 3.63) is 23.8 Å². The SMILES string of the molecule is N#Cc1cccc2c1OC[C@H](CO)O2. The predicted molar refractivity (Wildman–Crippen MR) is 48.2 cm³/mol. The lowest BCUT2D eigenvalue weighted by molar-refractivity contribution is 0.0454. The maximum atomic E-state index is 8.87. The van der Waals surface area contributed by atoms with Gasteiger partial charge in [0.2, 0.25) is 0 Å². The first kappa shape index (κ1) is 8.85. The molecule has 0 spiro atoms. The molecule has 0 amide bonds. The van der Waals surface area contributed by atoms with Gasteiger partial charge in [0.15, 0.2) is 17.6 Å². The number of nitrogens with zero attached hydrogens (tertiary/aromatic N) is 1. The van der Waals surface area contributed by atoms with Crippen molar-refractivity contribution in [1.82, 2.24) is 0 Å². The molecule has 0 unspecified atom stereocenters. The Morgan fingerprint density at radius 1 is 1.57 bits per heavy atom. The first-order valence-corrected chi connectivity index (χ1v) is 4.28. The fourth-order valence-corrected chi connectivity index (χ4v) is 1.33. The second-order valence-electron chi connectivity index (χ2n) is 2.98. The average Bonchev–Trinajstić information content (AvgIpc) is 2.27. The Bertz CT molecular complexity index is 383. The Balaban J connectivity index is 2.36. The lowest BCUT2D eigenvalue weighted by Crippen LogP contribution is -2.32. The van der Waals surface area contributed by atoms with E-state index < -0.39 is 0 Å². The predicted octanol–water partition coefficient (Wildman–Crippen LogP) is 0.690. The van der Waals surface area contributed by atoms with E-state index in [0.29, 0.717) is 17.1 Å². The molecule has 1 N–H and O–H groups in total.